The zero-order valence-electron chi connectivity index (χ0n) is 10.7. The van der Waals surface area contributed by atoms with Crippen molar-refractivity contribution in [3.05, 3.63) is 28.5 Å². The molecule has 5 nitrogen and oxygen atoms in total. The molecule has 0 fully saturated rings. The monoisotopic (exact) mass is 343 g/mol. The van der Waals surface area contributed by atoms with E-state index < -0.39 is 25.7 Å². The standard InChI is InChI=1S/C11H12Cl2FNO4S/c1-15(3-4-19-2)11(16)7-5-10(20(13,17)18)9(14)6-8(7)12/h5-6H,3-4H2,1-2H3. The summed E-state index contributed by atoms with van der Waals surface area (Å²) in [6.45, 7) is 0.563. The number of amides is 1. The predicted octanol–water partition coefficient (Wildman–Crippen LogP) is 2.12. The number of nitrogens with zero attached hydrogens (tertiary/aromatic N) is 1. The first-order valence-electron chi connectivity index (χ1n) is 5.36. The number of methoxy groups -OCH3 is 1. The first-order chi connectivity index (χ1) is 9.18. The molecular weight excluding hydrogens is 332 g/mol. The highest BCUT2D eigenvalue weighted by Gasteiger charge is 2.23. The molecule has 0 aromatic heterocycles. The number of likely N-dealkylation sites (N-methyl/N-ethyl adjacent to an activating group) is 1. The van der Waals surface area contributed by atoms with Crippen molar-refractivity contribution in [1.29, 1.82) is 0 Å². The van der Waals surface area contributed by atoms with E-state index in [1.807, 2.05) is 0 Å². The molecule has 0 aliphatic heterocycles. The number of halogens is 3. The van der Waals surface area contributed by atoms with Gasteiger partial charge < -0.3 is 9.64 Å². The Labute approximate surface area is 125 Å². The zero-order valence-corrected chi connectivity index (χ0v) is 13.0. The van der Waals surface area contributed by atoms with Crippen LogP contribution in [0.1, 0.15) is 10.4 Å². The van der Waals surface area contributed by atoms with E-state index in [0.717, 1.165) is 12.1 Å². The average molecular weight is 344 g/mol. The molecule has 0 aliphatic carbocycles. The van der Waals surface area contributed by atoms with Crippen molar-refractivity contribution in [2.75, 3.05) is 27.3 Å². The molecule has 20 heavy (non-hydrogen) atoms. The number of carbonyl (C=O) groups is 1. The predicted molar refractivity (Wildman–Crippen MR) is 73.3 cm³/mol. The fraction of sp³-hybridized carbons (Fsp3) is 0.364. The second-order valence-electron chi connectivity index (χ2n) is 3.92. The van der Waals surface area contributed by atoms with Crippen molar-refractivity contribution in [2.24, 2.45) is 0 Å². The summed E-state index contributed by atoms with van der Waals surface area (Å²) in [6, 6.07) is 1.57. The number of hydrogen-bond acceptors (Lipinski definition) is 4. The molecule has 112 valence electrons. The van der Waals surface area contributed by atoms with Gasteiger partial charge in [-0.3, -0.25) is 4.79 Å². The van der Waals surface area contributed by atoms with Crippen LogP contribution in [-0.2, 0) is 13.8 Å². The van der Waals surface area contributed by atoms with Crippen LogP contribution in [-0.4, -0.2) is 46.5 Å². The van der Waals surface area contributed by atoms with Crippen LogP contribution < -0.4 is 0 Å². The number of benzene rings is 1. The second kappa shape index (κ2) is 6.71. The summed E-state index contributed by atoms with van der Waals surface area (Å²) in [7, 11) is 3.75. The lowest BCUT2D eigenvalue weighted by molar-refractivity contribution is 0.0744. The minimum absolute atomic E-state index is 0.147. The Morgan fingerprint density at radius 1 is 1.45 bits per heavy atom. The summed E-state index contributed by atoms with van der Waals surface area (Å²) >= 11 is 5.77. The van der Waals surface area contributed by atoms with Crippen molar-refractivity contribution >= 4 is 37.2 Å². The third kappa shape index (κ3) is 4.05. The normalized spacial score (nSPS) is 11.4. The van der Waals surface area contributed by atoms with E-state index in [1.165, 1.54) is 19.1 Å². The Kier molecular flexibility index (Phi) is 5.76. The van der Waals surface area contributed by atoms with Gasteiger partial charge in [-0.05, 0) is 12.1 Å². The minimum atomic E-state index is -4.31. The third-order valence-corrected chi connectivity index (χ3v) is 4.14. The van der Waals surface area contributed by atoms with Crippen LogP contribution in [0, 0.1) is 5.82 Å². The Morgan fingerprint density at radius 2 is 2.05 bits per heavy atom. The van der Waals surface area contributed by atoms with E-state index in [4.69, 9.17) is 27.0 Å². The molecule has 0 saturated heterocycles. The van der Waals surface area contributed by atoms with Gasteiger partial charge in [-0.15, -0.1) is 0 Å². The molecule has 1 amide bonds. The summed E-state index contributed by atoms with van der Waals surface area (Å²) in [6.07, 6.45) is 0. The van der Waals surface area contributed by atoms with Crippen molar-refractivity contribution in [3.8, 4) is 0 Å². The van der Waals surface area contributed by atoms with Gasteiger partial charge in [0.25, 0.3) is 15.0 Å². The van der Waals surface area contributed by atoms with Crippen LogP contribution in [0.5, 0.6) is 0 Å². The van der Waals surface area contributed by atoms with Gasteiger partial charge in [0.1, 0.15) is 10.7 Å². The quantitative estimate of drug-likeness (QED) is 0.768. The molecule has 1 rings (SSSR count). The van der Waals surface area contributed by atoms with Gasteiger partial charge in [0, 0.05) is 31.4 Å². The van der Waals surface area contributed by atoms with Gasteiger partial charge in [-0.1, -0.05) is 11.6 Å². The lowest BCUT2D eigenvalue weighted by atomic mass is 10.2. The highest BCUT2D eigenvalue weighted by atomic mass is 35.7. The number of carbonyl (C=O) groups excluding carboxylic acids is 1. The maximum atomic E-state index is 13.5. The Balaban J connectivity index is 3.22. The van der Waals surface area contributed by atoms with Crippen molar-refractivity contribution in [1.82, 2.24) is 4.90 Å². The molecule has 0 atom stereocenters. The number of hydrogen-bond donors (Lipinski definition) is 0. The number of ether oxygens (including phenoxy) is 1. The first kappa shape index (κ1) is 17.2. The molecule has 0 heterocycles. The van der Waals surface area contributed by atoms with E-state index >= 15 is 0 Å². The molecule has 0 saturated carbocycles. The van der Waals surface area contributed by atoms with Crippen LogP contribution in [0.3, 0.4) is 0 Å². The van der Waals surface area contributed by atoms with Crippen LogP contribution >= 0.6 is 22.3 Å². The maximum Gasteiger partial charge on any atom is 0.264 e. The molecule has 0 radical (unpaired) electrons. The number of rotatable bonds is 5. The highest BCUT2D eigenvalue weighted by Crippen LogP contribution is 2.27. The fourth-order valence-electron chi connectivity index (χ4n) is 1.42. The molecule has 0 spiro atoms. The SMILES string of the molecule is COCCN(C)C(=O)c1cc(S(=O)(=O)Cl)c(F)cc1Cl. The highest BCUT2D eigenvalue weighted by molar-refractivity contribution is 8.13. The summed E-state index contributed by atoms with van der Waals surface area (Å²) < 4.78 is 40.8. The largest absolute Gasteiger partial charge is 0.383 e. The van der Waals surface area contributed by atoms with Crippen LogP contribution in [0.25, 0.3) is 0 Å². The Bertz CT molecular complexity index is 621. The van der Waals surface area contributed by atoms with Crippen molar-refractivity contribution in [2.45, 2.75) is 4.90 Å². The van der Waals surface area contributed by atoms with E-state index in [2.05, 4.69) is 0 Å². The van der Waals surface area contributed by atoms with E-state index in [-0.39, 0.29) is 17.1 Å². The van der Waals surface area contributed by atoms with Crippen molar-refractivity contribution in [3.63, 3.8) is 0 Å². The van der Waals surface area contributed by atoms with Crippen LogP contribution in [0.2, 0.25) is 5.02 Å². The van der Waals surface area contributed by atoms with Gasteiger partial charge >= 0.3 is 0 Å². The molecular formula is C11H12Cl2FNO4S. The fourth-order valence-corrected chi connectivity index (χ4v) is 2.55. The Morgan fingerprint density at radius 3 is 2.55 bits per heavy atom. The summed E-state index contributed by atoms with van der Waals surface area (Å²) in [5, 5.41) is -0.194. The van der Waals surface area contributed by atoms with Gasteiger partial charge in [-0.25, -0.2) is 12.8 Å². The van der Waals surface area contributed by atoms with Crippen LogP contribution in [0.4, 0.5) is 4.39 Å². The lowest BCUT2D eigenvalue weighted by Gasteiger charge is -2.17. The molecule has 1 aromatic carbocycles. The van der Waals surface area contributed by atoms with E-state index in [9.17, 15) is 17.6 Å². The van der Waals surface area contributed by atoms with Gasteiger partial charge in [0.05, 0.1) is 17.2 Å². The summed E-state index contributed by atoms with van der Waals surface area (Å²) in [4.78, 5) is 12.6. The Hall–Kier alpha value is -0.890. The smallest absolute Gasteiger partial charge is 0.264 e. The van der Waals surface area contributed by atoms with Gasteiger partial charge in [0.2, 0.25) is 0 Å². The third-order valence-electron chi connectivity index (χ3n) is 2.49. The second-order valence-corrected chi connectivity index (χ2v) is 6.86. The molecule has 0 N–H and O–H groups in total. The summed E-state index contributed by atoms with van der Waals surface area (Å²) in [5.41, 5.74) is -0.147. The summed E-state index contributed by atoms with van der Waals surface area (Å²) in [5.74, 6) is -1.67. The minimum Gasteiger partial charge on any atom is -0.383 e. The molecule has 0 aliphatic rings. The molecule has 1 aromatic rings. The zero-order chi connectivity index (χ0) is 15.5. The lowest BCUT2D eigenvalue weighted by Crippen LogP contribution is -2.30. The molecule has 0 unspecified atom stereocenters. The topological polar surface area (TPSA) is 63.7 Å². The molecule has 9 heteroatoms. The van der Waals surface area contributed by atoms with Crippen LogP contribution in [0.15, 0.2) is 17.0 Å². The van der Waals surface area contributed by atoms with E-state index in [0.29, 0.717) is 6.61 Å². The maximum absolute atomic E-state index is 13.5. The molecule has 0 bridgehead atoms. The van der Waals surface area contributed by atoms with Gasteiger partial charge in [0.15, 0.2) is 0 Å². The van der Waals surface area contributed by atoms with Gasteiger partial charge in [-0.2, -0.15) is 0 Å². The first-order valence-corrected chi connectivity index (χ1v) is 8.05. The average Bonchev–Trinajstić information content (AvgIpc) is 2.33. The van der Waals surface area contributed by atoms with E-state index in [1.54, 1.807) is 0 Å². The van der Waals surface area contributed by atoms with Crippen molar-refractivity contribution < 1.29 is 22.3 Å².